The van der Waals surface area contributed by atoms with E-state index in [0.29, 0.717) is 5.02 Å². The van der Waals surface area contributed by atoms with E-state index in [1.165, 1.54) is 11.6 Å². The van der Waals surface area contributed by atoms with Crippen LogP contribution in [0.15, 0.2) is 54.6 Å². The van der Waals surface area contributed by atoms with Crippen LogP contribution in [0.25, 0.3) is 6.08 Å². The Labute approximate surface area is 175 Å². The molecule has 1 fully saturated rings. The van der Waals surface area contributed by atoms with Gasteiger partial charge in [-0.1, -0.05) is 35.9 Å². The molecule has 0 atom stereocenters. The van der Waals surface area contributed by atoms with Gasteiger partial charge in [-0.05, 0) is 53.7 Å². The average Bonchev–Trinajstić information content (AvgIpc) is 2.70. The topological polar surface area (TPSA) is 53.6 Å². The van der Waals surface area contributed by atoms with E-state index >= 15 is 0 Å². The predicted octanol–water partition coefficient (Wildman–Crippen LogP) is 3.70. The highest BCUT2D eigenvalue weighted by Gasteiger charge is 2.10. The summed E-state index contributed by atoms with van der Waals surface area (Å²) in [4.78, 5) is 14.4. The second-order valence-electron chi connectivity index (χ2n) is 6.41. The van der Waals surface area contributed by atoms with Crippen molar-refractivity contribution < 1.29 is 9.53 Å². The van der Waals surface area contributed by atoms with Crippen molar-refractivity contribution in [1.82, 2.24) is 10.2 Å². The van der Waals surface area contributed by atoms with Crippen molar-refractivity contribution in [1.29, 1.82) is 0 Å². The minimum absolute atomic E-state index is 0.256. The van der Waals surface area contributed by atoms with E-state index in [1.54, 1.807) is 18.2 Å². The van der Waals surface area contributed by atoms with E-state index < -0.39 is 0 Å². The molecule has 1 heterocycles. The van der Waals surface area contributed by atoms with Gasteiger partial charge < -0.3 is 10.1 Å². The van der Waals surface area contributed by atoms with Gasteiger partial charge in [0.05, 0.1) is 13.2 Å². The third-order valence-corrected chi connectivity index (χ3v) is 4.71. The fourth-order valence-corrected chi connectivity index (χ4v) is 3.12. The Hall–Kier alpha value is -2.25. The van der Waals surface area contributed by atoms with Crippen LogP contribution in [0, 0.1) is 0 Å². The first-order valence-electron chi connectivity index (χ1n) is 9.03. The van der Waals surface area contributed by atoms with E-state index in [2.05, 4.69) is 27.7 Å². The van der Waals surface area contributed by atoms with Crippen molar-refractivity contribution in [3.8, 4) is 0 Å². The lowest BCUT2D eigenvalue weighted by Gasteiger charge is -2.26. The minimum Gasteiger partial charge on any atom is -0.379 e. The van der Waals surface area contributed by atoms with E-state index in [1.807, 2.05) is 24.3 Å². The van der Waals surface area contributed by atoms with E-state index in [9.17, 15) is 4.79 Å². The summed E-state index contributed by atoms with van der Waals surface area (Å²) >= 11 is 11.0. The van der Waals surface area contributed by atoms with Crippen LogP contribution < -0.4 is 10.6 Å². The highest BCUT2D eigenvalue weighted by Crippen LogP contribution is 2.13. The number of nitrogens with one attached hydrogen (secondary N) is 2. The van der Waals surface area contributed by atoms with Crippen molar-refractivity contribution in [3.05, 3.63) is 70.8 Å². The molecule has 0 saturated carbocycles. The van der Waals surface area contributed by atoms with Gasteiger partial charge >= 0.3 is 0 Å². The third kappa shape index (κ3) is 6.73. The number of thiocarbonyl (C=S) groups is 1. The molecule has 28 heavy (non-hydrogen) atoms. The van der Waals surface area contributed by atoms with E-state index in [0.717, 1.165) is 44.1 Å². The number of amides is 1. The summed E-state index contributed by atoms with van der Waals surface area (Å²) in [5, 5.41) is 6.57. The number of rotatable bonds is 5. The molecule has 0 radical (unpaired) electrons. The third-order valence-electron chi connectivity index (χ3n) is 4.26. The van der Waals surface area contributed by atoms with Crippen LogP contribution >= 0.6 is 23.8 Å². The second-order valence-corrected chi connectivity index (χ2v) is 7.26. The van der Waals surface area contributed by atoms with Crippen molar-refractivity contribution >= 4 is 46.6 Å². The average molecular weight is 416 g/mol. The van der Waals surface area contributed by atoms with Gasteiger partial charge in [-0.2, -0.15) is 0 Å². The first-order chi connectivity index (χ1) is 13.6. The summed E-state index contributed by atoms with van der Waals surface area (Å²) in [5.74, 6) is -0.295. The van der Waals surface area contributed by atoms with Gasteiger partial charge in [0.1, 0.15) is 0 Å². The van der Waals surface area contributed by atoms with Crippen molar-refractivity contribution in [2.24, 2.45) is 0 Å². The summed E-state index contributed by atoms with van der Waals surface area (Å²) < 4.78 is 5.37. The summed E-state index contributed by atoms with van der Waals surface area (Å²) in [5.41, 5.74) is 2.94. The molecular formula is C21H22ClN3O2S. The molecule has 1 aliphatic rings. The Morgan fingerprint density at radius 2 is 1.79 bits per heavy atom. The maximum Gasteiger partial charge on any atom is 0.250 e. The Morgan fingerprint density at radius 3 is 2.46 bits per heavy atom. The molecule has 0 aliphatic carbocycles. The molecular weight excluding hydrogens is 394 g/mol. The highest BCUT2D eigenvalue weighted by atomic mass is 35.5. The summed E-state index contributed by atoms with van der Waals surface area (Å²) in [6, 6.07) is 15.2. The maximum absolute atomic E-state index is 12.0. The van der Waals surface area contributed by atoms with E-state index in [-0.39, 0.29) is 11.0 Å². The quantitative estimate of drug-likeness (QED) is 0.576. The fraction of sp³-hybridized carbons (Fsp3) is 0.238. The number of carbonyl (C=O) groups is 1. The molecule has 1 aliphatic heterocycles. The van der Waals surface area contributed by atoms with Crippen LogP contribution in [0.2, 0.25) is 5.02 Å². The van der Waals surface area contributed by atoms with Gasteiger partial charge in [0.25, 0.3) is 0 Å². The molecule has 146 valence electrons. The van der Waals surface area contributed by atoms with Crippen LogP contribution in [-0.2, 0) is 16.1 Å². The first-order valence-corrected chi connectivity index (χ1v) is 9.82. The monoisotopic (exact) mass is 415 g/mol. The number of hydrogen-bond donors (Lipinski definition) is 2. The number of ether oxygens (including phenoxy) is 1. The molecule has 2 aromatic carbocycles. The normalized spacial score (nSPS) is 14.8. The Balaban J connectivity index is 1.45. The lowest BCUT2D eigenvalue weighted by molar-refractivity contribution is -0.115. The SMILES string of the molecule is O=C(C=Cc1ccc(Cl)cc1)NC(=S)Nc1ccc(CN2CCOCC2)cc1. The number of benzene rings is 2. The maximum atomic E-state index is 12.0. The number of hydrogen-bond acceptors (Lipinski definition) is 4. The molecule has 3 rings (SSSR count). The van der Waals surface area contributed by atoms with Gasteiger partial charge in [-0.3, -0.25) is 15.0 Å². The molecule has 0 spiro atoms. The van der Waals surface area contributed by atoms with Gasteiger partial charge in [-0.25, -0.2) is 0 Å². The number of nitrogens with zero attached hydrogens (tertiary/aromatic N) is 1. The second kappa shape index (κ2) is 10.3. The van der Waals surface area contributed by atoms with Crippen molar-refractivity contribution in [2.75, 3.05) is 31.6 Å². The van der Waals surface area contributed by atoms with Crippen LogP contribution in [0.3, 0.4) is 0 Å². The molecule has 0 bridgehead atoms. The minimum atomic E-state index is -0.295. The molecule has 2 aromatic rings. The van der Waals surface area contributed by atoms with Crippen LogP contribution in [0.1, 0.15) is 11.1 Å². The lowest BCUT2D eigenvalue weighted by Crippen LogP contribution is -2.35. The van der Waals surface area contributed by atoms with E-state index in [4.69, 9.17) is 28.6 Å². The molecule has 1 amide bonds. The first kappa shape index (κ1) is 20.5. The summed E-state index contributed by atoms with van der Waals surface area (Å²) in [6.07, 6.45) is 3.14. The van der Waals surface area contributed by atoms with Crippen LogP contribution in [0.5, 0.6) is 0 Å². The van der Waals surface area contributed by atoms with Crippen molar-refractivity contribution in [2.45, 2.75) is 6.54 Å². The predicted molar refractivity (Wildman–Crippen MR) is 117 cm³/mol. The number of anilines is 1. The number of carbonyl (C=O) groups excluding carboxylic acids is 1. The summed E-state index contributed by atoms with van der Waals surface area (Å²) in [6.45, 7) is 4.40. The Bertz CT molecular complexity index is 832. The summed E-state index contributed by atoms with van der Waals surface area (Å²) in [7, 11) is 0. The molecule has 7 heteroatoms. The zero-order valence-corrected chi connectivity index (χ0v) is 16.9. The molecule has 2 N–H and O–H groups in total. The fourth-order valence-electron chi connectivity index (χ4n) is 2.77. The zero-order chi connectivity index (χ0) is 19.8. The lowest BCUT2D eigenvalue weighted by atomic mass is 10.2. The van der Waals surface area contributed by atoms with Gasteiger partial charge in [0.15, 0.2) is 5.11 Å². The Morgan fingerprint density at radius 1 is 1.11 bits per heavy atom. The number of morpholine rings is 1. The zero-order valence-electron chi connectivity index (χ0n) is 15.4. The van der Waals surface area contributed by atoms with Crippen molar-refractivity contribution in [3.63, 3.8) is 0 Å². The van der Waals surface area contributed by atoms with Gasteiger partial charge in [0.2, 0.25) is 5.91 Å². The van der Waals surface area contributed by atoms with Crippen LogP contribution in [0.4, 0.5) is 5.69 Å². The van der Waals surface area contributed by atoms with Gasteiger partial charge in [0, 0.05) is 36.4 Å². The van der Waals surface area contributed by atoms with Crippen LogP contribution in [-0.4, -0.2) is 42.2 Å². The molecule has 5 nitrogen and oxygen atoms in total. The molecule has 0 unspecified atom stereocenters. The molecule has 0 aromatic heterocycles. The largest absolute Gasteiger partial charge is 0.379 e. The Kier molecular flexibility index (Phi) is 7.56. The smallest absolute Gasteiger partial charge is 0.250 e. The van der Waals surface area contributed by atoms with Gasteiger partial charge in [-0.15, -0.1) is 0 Å². The highest BCUT2D eigenvalue weighted by molar-refractivity contribution is 7.80. The number of halogens is 1. The molecule has 1 saturated heterocycles. The standard InChI is InChI=1S/C21H22ClN3O2S/c22-18-6-1-16(2-7-18)5-10-20(26)24-21(28)23-19-8-3-17(4-9-19)15-25-11-13-27-14-12-25/h1-10H,11-15H2,(H2,23,24,26,28).